The normalized spacial score (nSPS) is 15.2. The minimum absolute atomic E-state index is 0.536. The van der Waals surface area contributed by atoms with E-state index in [4.69, 9.17) is 0 Å². The summed E-state index contributed by atoms with van der Waals surface area (Å²) in [5.74, 6) is 0. The first-order valence-corrected chi connectivity index (χ1v) is 3.95. The van der Waals surface area contributed by atoms with Crippen LogP contribution in [0.25, 0.3) is 0 Å². The summed E-state index contributed by atoms with van der Waals surface area (Å²) in [4.78, 5) is 0. The number of allylic oxidation sites excluding steroid dienone is 1. The van der Waals surface area contributed by atoms with Gasteiger partial charge in [-0.15, -0.1) is 0 Å². The van der Waals surface area contributed by atoms with Gasteiger partial charge in [0.25, 0.3) is 0 Å². The molecule has 0 nitrogen and oxygen atoms in total. The van der Waals surface area contributed by atoms with Crippen molar-refractivity contribution < 1.29 is 4.39 Å². The zero-order valence-electron chi connectivity index (χ0n) is 7.47. The third-order valence-corrected chi connectivity index (χ3v) is 2.12. The molecular formula is C11H13F. The molecule has 1 rings (SSSR count). The third kappa shape index (κ3) is 1.55. The highest BCUT2D eigenvalue weighted by Crippen LogP contribution is 2.31. The molecule has 1 heteroatoms. The molecule has 1 unspecified atom stereocenters. The Morgan fingerprint density at radius 1 is 1.33 bits per heavy atom. The summed E-state index contributed by atoms with van der Waals surface area (Å²) in [6.45, 7) is 6.86. The predicted octanol–water partition coefficient (Wildman–Crippen LogP) is 3.45. The monoisotopic (exact) mass is 164 g/mol. The lowest BCUT2D eigenvalue weighted by Gasteiger charge is -2.20. The first kappa shape index (κ1) is 8.98. The van der Waals surface area contributed by atoms with Crippen molar-refractivity contribution in [2.45, 2.75) is 19.5 Å². The van der Waals surface area contributed by atoms with Crippen LogP contribution in [-0.2, 0) is 5.67 Å². The Bertz CT molecular complexity index is 272. The van der Waals surface area contributed by atoms with Crippen molar-refractivity contribution >= 4 is 0 Å². The smallest absolute Gasteiger partial charge is 0.153 e. The van der Waals surface area contributed by atoms with Gasteiger partial charge in [0.2, 0.25) is 0 Å². The summed E-state index contributed by atoms with van der Waals surface area (Å²) < 4.78 is 13.8. The van der Waals surface area contributed by atoms with Crippen molar-refractivity contribution in [1.29, 1.82) is 0 Å². The number of rotatable bonds is 2. The lowest BCUT2D eigenvalue weighted by atomic mass is 9.92. The second kappa shape index (κ2) is 3.10. The summed E-state index contributed by atoms with van der Waals surface area (Å²) in [6.07, 6.45) is 0. The molecule has 12 heavy (non-hydrogen) atoms. The second-order valence-electron chi connectivity index (χ2n) is 3.15. The minimum Gasteiger partial charge on any atom is -0.234 e. The Kier molecular flexibility index (Phi) is 2.32. The molecule has 0 saturated carbocycles. The molecule has 0 saturated heterocycles. The summed E-state index contributed by atoms with van der Waals surface area (Å²) in [7, 11) is 0. The first-order chi connectivity index (χ1) is 5.55. The average Bonchev–Trinajstić information content (AvgIpc) is 2.06. The zero-order chi connectivity index (χ0) is 9.19. The van der Waals surface area contributed by atoms with Crippen LogP contribution in [0.2, 0.25) is 0 Å². The minimum atomic E-state index is -1.40. The van der Waals surface area contributed by atoms with Gasteiger partial charge in [-0.25, -0.2) is 4.39 Å². The van der Waals surface area contributed by atoms with Gasteiger partial charge in [-0.3, -0.25) is 0 Å². The van der Waals surface area contributed by atoms with Gasteiger partial charge >= 0.3 is 0 Å². The summed E-state index contributed by atoms with van der Waals surface area (Å²) in [6, 6.07) is 9.08. The fourth-order valence-electron chi connectivity index (χ4n) is 0.998. The number of benzene rings is 1. The van der Waals surface area contributed by atoms with E-state index in [1.165, 1.54) is 6.92 Å². The number of alkyl halides is 1. The molecule has 0 heterocycles. The molecule has 1 aromatic rings. The number of hydrogen-bond donors (Lipinski definition) is 0. The lowest BCUT2D eigenvalue weighted by Crippen LogP contribution is -2.15. The standard InChI is InChI=1S/C11H13F/c1-9(2)11(3,12)10-7-5-4-6-8-10/h4-8H,1H2,2-3H3. The third-order valence-electron chi connectivity index (χ3n) is 2.12. The van der Waals surface area contributed by atoms with Crippen LogP contribution >= 0.6 is 0 Å². The van der Waals surface area contributed by atoms with Crippen LogP contribution in [0.4, 0.5) is 4.39 Å². The van der Waals surface area contributed by atoms with E-state index in [9.17, 15) is 4.39 Å². The molecule has 0 amide bonds. The fourth-order valence-corrected chi connectivity index (χ4v) is 0.998. The van der Waals surface area contributed by atoms with Gasteiger partial charge in [0.05, 0.1) is 0 Å². The summed E-state index contributed by atoms with van der Waals surface area (Å²) in [5.41, 5.74) is -0.201. The van der Waals surface area contributed by atoms with E-state index in [0.717, 1.165) is 0 Å². The maximum atomic E-state index is 13.8. The van der Waals surface area contributed by atoms with Gasteiger partial charge < -0.3 is 0 Å². The van der Waals surface area contributed by atoms with E-state index in [1.54, 1.807) is 19.1 Å². The van der Waals surface area contributed by atoms with Crippen LogP contribution in [-0.4, -0.2) is 0 Å². The van der Waals surface area contributed by atoms with Crippen molar-refractivity contribution in [1.82, 2.24) is 0 Å². The molecule has 0 aromatic heterocycles. The van der Waals surface area contributed by atoms with E-state index in [-0.39, 0.29) is 0 Å². The quantitative estimate of drug-likeness (QED) is 0.587. The van der Waals surface area contributed by atoms with Gasteiger partial charge in [-0.05, 0) is 25.0 Å². The largest absolute Gasteiger partial charge is 0.234 e. The highest BCUT2D eigenvalue weighted by atomic mass is 19.1. The fraction of sp³-hybridized carbons (Fsp3) is 0.273. The molecule has 1 aromatic carbocycles. The van der Waals surface area contributed by atoms with Crippen LogP contribution in [0.15, 0.2) is 42.5 Å². The van der Waals surface area contributed by atoms with Crippen molar-refractivity contribution in [3.63, 3.8) is 0 Å². The number of halogens is 1. The van der Waals surface area contributed by atoms with Gasteiger partial charge in [-0.1, -0.05) is 36.9 Å². The van der Waals surface area contributed by atoms with Crippen molar-refractivity contribution in [2.24, 2.45) is 0 Å². The van der Waals surface area contributed by atoms with Gasteiger partial charge in [0.15, 0.2) is 5.67 Å². The van der Waals surface area contributed by atoms with E-state index in [0.29, 0.717) is 11.1 Å². The van der Waals surface area contributed by atoms with Crippen LogP contribution < -0.4 is 0 Å². The molecule has 0 N–H and O–H groups in total. The first-order valence-electron chi connectivity index (χ1n) is 3.95. The highest BCUT2D eigenvalue weighted by molar-refractivity contribution is 5.29. The average molecular weight is 164 g/mol. The maximum Gasteiger partial charge on any atom is 0.153 e. The van der Waals surface area contributed by atoms with Crippen LogP contribution in [0.3, 0.4) is 0 Å². The van der Waals surface area contributed by atoms with E-state index >= 15 is 0 Å². The molecule has 0 aliphatic carbocycles. The van der Waals surface area contributed by atoms with Gasteiger partial charge in [0, 0.05) is 0 Å². The predicted molar refractivity (Wildman–Crippen MR) is 49.7 cm³/mol. The molecule has 64 valence electrons. The topological polar surface area (TPSA) is 0 Å². The zero-order valence-corrected chi connectivity index (χ0v) is 7.47. The van der Waals surface area contributed by atoms with E-state index in [1.807, 2.05) is 18.2 Å². The van der Waals surface area contributed by atoms with Crippen molar-refractivity contribution in [3.8, 4) is 0 Å². The molecule has 1 atom stereocenters. The van der Waals surface area contributed by atoms with Crippen molar-refractivity contribution in [3.05, 3.63) is 48.0 Å². The Morgan fingerprint density at radius 3 is 2.25 bits per heavy atom. The molecule has 0 bridgehead atoms. The van der Waals surface area contributed by atoms with E-state index in [2.05, 4.69) is 6.58 Å². The van der Waals surface area contributed by atoms with Crippen LogP contribution in [0.5, 0.6) is 0 Å². The molecule has 0 spiro atoms. The van der Waals surface area contributed by atoms with Crippen molar-refractivity contribution in [2.75, 3.05) is 0 Å². The lowest BCUT2D eigenvalue weighted by molar-refractivity contribution is 0.245. The molecule has 0 aliphatic rings. The number of hydrogen-bond acceptors (Lipinski definition) is 0. The maximum absolute atomic E-state index is 13.8. The Labute approximate surface area is 72.7 Å². The summed E-state index contributed by atoms with van der Waals surface area (Å²) in [5, 5.41) is 0. The molecule has 0 fully saturated rings. The van der Waals surface area contributed by atoms with Gasteiger partial charge in [0.1, 0.15) is 0 Å². The van der Waals surface area contributed by atoms with Gasteiger partial charge in [-0.2, -0.15) is 0 Å². The molecule has 0 aliphatic heterocycles. The molecule has 0 radical (unpaired) electrons. The highest BCUT2D eigenvalue weighted by Gasteiger charge is 2.25. The molecular weight excluding hydrogens is 151 g/mol. The second-order valence-corrected chi connectivity index (χ2v) is 3.15. The SMILES string of the molecule is C=C(C)C(C)(F)c1ccccc1. The van der Waals surface area contributed by atoms with Crippen LogP contribution in [0.1, 0.15) is 19.4 Å². The summed E-state index contributed by atoms with van der Waals surface area (Å²) >= 11 is 0. The Morgan fingerprint density at radius 2 is 1.83 bits per heavy atom. The van der Waals surface area contributed by atoms with Crippen LogP contribution in [0, 0.1) is 0 Å². The Balaban J connectivity index is 3.06. The Hall–Kier alpha value is -1.11. The van der Waals surface area contributed by atoms with E-state index < -0.39 is 5.67 Å².